The zero-order valence-corrected chi connectivity index (χ0v) is 19.9. The summed E-state index contributed by atoms with van der Waals surface area (Å²) in [6.07, 6.45) is 0. The van der Waals surface area contributed by atoms with Gasteiger partial charge in [0.05, 0.1) is 31.0 Å². The van der Waals surface area contributed by atoms with Crippen molar-refractivity contribution >= 4 is 40.7 Å². The maximum Gasteiger partial charge on any atom is 0.338 e. The lowest BCUT2D eigenvalue weighted by Gasteiger charge is -2.37. The summed E-state index contributed by atoms with van der Waals surface area (Å²) in [7, 11) is 1.54. The third kappa shape index (κ3) is 5.43. The lowest BCUT2D eigenvalue weighted by Crippen LogP contribution is -2.47. The second kappa shape index (κ2) is 10.8. The second-order valence-electron chi connectivity index (χ2n) is 7.25. The fourth-order valence-corrected chi connectivity index (χ4v) is 4.10. The predicted molar refractivity (Wildman–Crippen MR) is 132 cm³/mol. The third-order valence-electron chi connectivity index (χ3n) is 5.24. The van der Waals surface area contributed by atoms with Crippen LogP contribution in [-0.4, -0.2) is 42.3 Å². The number of anilines is 2. The molecule has 0 aromatic heterocycles. The SMILES string of the molecule is CCOC(=O)C1=C(C)N(CC)C(=S)NC1c1cccc(NC(=O)Nc2ccccc2OC)c1. The number of urea groups is 1. The number of allylic oxidation sites excluding steroid dienone is 1. The normalized spacial score (nSPS) is 15.6. The summed E-state index contributed by atoms with van der Waals surface area (Å²) < 4.78 is 10.6. The minimum atomic E-state index is -0.502. The first-order valence-electron chi connectivity index (χ1n) is 10.7. The molecule has 2 aromatic rings. The number of nitrogens with one attached hydrogen (secondary N) is 3. The van der Waals surface area contributed by atoms with Gasteiger partial charge in [-0.25, -0.2) is 9.59 Å². The Bertz CT molecular complexity index is 1090. The van der Waals surface area contributed by atoms with E-state index in [9.17, 15) is 9.59 Å². The van der Waals surface area contributed by atoms with Crippen molar-refractivity contribution < 1.29 is 19.1 Å². The molecule has 1 heterocycles. The van der Waals surface area contributed by atoms with Crippen LogP contribution < -0.4 is 20.7 Å². The fraction of sp³-hybridized carbons (Fsp3) is 0.292. The van der Waals surface area contributed by atoms with E-state index in [0.29, 0.717) is 34.4 Å². The second-order valence-corrected chi connectivity index (χ2v) is 7.64. The molecule has 0 radical (unpaired) electrons. The average Bonchev–Trinajstić information content (AvgIpc) is 2.79. The topological polar surface area (TPSA) is 91.9 Å². The molecule has 2 aromatic carbocycles. The summed E-state index contributed by atoms with van der Waals surface area (Å²) in [6.45, 7) is 6.48. The minimum Gasteiger partial charge on any atom is -0.495 e. The molecule has 0 spiro atoms. The van der Waals surface area contributed by atoms with Crippen LogP contribution in [0.5, 0.6) is 5.75 Å². The van der Waals surface area contributed by atoms with Crippen LogP contribution in [0.15, 0.2) is 59.8 Å². The van der Waals surface area contributed by atoms with Crippen molar-refractivity contribution in [2.75, 3.05) is 30.9 Å². The number of carbonyl (C=O) groups excluding carboxylic acids is 2. The van der Waals surface area contributed by atoms with E-state index in [-0.39, 0.29) is 6.61 Å². The molecule has 33 heavy (non-hydrogen) atoms. The molecule has 1 aliphatic rings. The lowest BCUT2D eigenvalue weighted by atomic mass is 9.94. The Balaban J connectivity index is 1.86. The van der Waals surface area contributed by atoms with E-state index in [2.05, 4.69) is 16.0 Å². The van der Waals surface area contributed by atoms with Crippen molar-refractivity contribution in [1.29, 1.82) is 0 Å². The average molecular weight is 469 g/mol. The molecule has 2 amide bonds. The number of hydrogen-bond acceptors (Lipinski definition) is 5. The van der Waals surface area contributed by atoms with E-state index >= 15 is 0 Å². The lowest BCUT2D eigenvalue weighted by molar-refractivity contribution is -0.139. The number of amides is 2. The van der Waals surface area contributed by atoms with Gasteiger partial charge in [0, 0.05) is 17.9 Å². The van der Waals surface area contributed by atoms with Gasteiger partial charge in [-0.2, -0.15) is 0 Å². The number of thiocarbonyl (C=S) groups is 1. The maximum absolute atomic E-state index is 12.8. The van der Waals surface area contributed by atoms with Gasteiger partial charge in [0.15, 0.2) is 5.11 Å². The van der Waals surface area contributed by atoms with E-state index in [0.717, 1.165) is 11.3 Å². The minimum absolute atomic E-state index is 0.267. The number of methoxy groups -OCH3 is 1. The standard InChI is InChI=1S/C24H28N4O4S/c1-5-28-15(3)20(22(29)32-6-2)21(27-24(28)33)16-10-9-11-17(14-16)25-23(30)26-18-12-7-8-13-19(18)31-4/h7-14,21H,5-6H2,1-4H3,(H,27,33)(H2,25,26,30). The van der Waals surface area contributed by atoms with Crippen LogP contribution in [-0.2, 0) is 9.53 Å². The van der Waals surface area contributed by atoms with Crippen molar-refractivity contribution in [3.63, 3.8) is 0 Å². The summed E-state index contributed by atoms with van der Waals surface area (Å²) in [4.78, 5) is 27.2. The Hall–Kier alpha value is -3.59. The van der Waals surface area contributed by atoms with Crippen LogP contribution in [0.4, 0.5) is 16.2 Å². The third-order valence-corrected chi connectivity index (χ3v) is 5.58. The number of esters is 1. The van der Waals surface area contributed by atoms with Crippen molar-refractivity contribution in [3.05, 3.63) is 65.4 Å². The first-order valence-corrected chi connectivity index (χ1v) is 11.1. The van der Waals surface area contributed by atoms with E-state index in [1.807, 2.05) is 43.0 Å². The number of nitrogens with zero attached hydrogens (tertiary/aromatic N) is 1. The van der Waals surface area contributed by atoms with Gasteiger partial charge < -0.3 is 30.3 Å². The van der Waals surface area contributed by atoms with Gasteiger partial charge in [0.1, 0.15) is 5.75 Å². The van der Waals surface area contributed by atoms with Crippen LogP contribution in [0.25, 0.3) is 0 Å². The molecule has 3 rings (SSSR count). The molecule has 0 bridgehead atoms. The van der Waals surface area contributed by atoms with Gasteiger partial charge in [-0.1, -0.05) is 24.3 Å². The summed E-state index contributed by atoms with van der Waals surface area (Å²) in [5.41, 5.74) is 3.12. The largest absolute Gasteiger partial charge is 0.495 e. The Morgan fingerprint density at radius 2 is 1.88 bits per heavy atom. The molecule has 3 N–H and O–H groups in total. The van der Waals surface area contributed by atoms with Crippen LogP contribution in [0.2, 0.25) is 0 Å². The monoisotopic (exact) mass is 468 g/mol. The molecule has 0 fully saturated rings. The molecule has 8 nitrogen and oxygen atoms in total. The molecule has 0 aliphatic carbocycles. The Morgan fingerprint density at radius 3 is 2.58 bits per heavy atom. The van der Waals surface area contributed by atoms with E-state index in [1.54, 1.807) is 38.3 Å². The highest BCUT2D eigenvalue weighted by molar-refractivity contribution is 7.80. The molecular weight excluding hydrogens is 440 g/mol. The summed E-state index contributed by atoms with van der Waals surface area (Å²) in [5, 5.41) is 9.37. The number of rotatable bonds is 7. The van der Waals surface area contributed by atoms with Crippen molar-refractivity contribution in [2.24, 2.45) is 0 Å². The molecule has 1 aliphatic heterocycles. The van der Waals surface area contributed by atoms with Gasteiger partial charge in [0.25, 0.3) is 0 Å². The highest BCUT2D eigenvalue weighted by Crippen LogP contribution is 2.32. The van der Waals surface area contributed by atoms with E-state index in [4.69, 9.17) is 21.7 Å². The van der Waals surface area contributed by atoms with Gasteiger partial charge in [0.2, 0.25) is 0 Å². The van der Waals surface area contributed by atoms with Gasteiger partial charge >= 0.3 is 12.0 Å². The molecule has 0 saturated heterocycles. The van der Waals surface area contributed by atoms with Crippen LogP contribution in [0.1, 0.15) is 32.4 Å². The van der Waals surface area contributed by atoms with E-state index < -0.39 is 18.0 Å². The zero-order valence-electron chi connectivity index (χ0n) is 19.1. The maximum atomic E-state index is 12.8. The van der Waals surface area contributed by atoms with Crippen molar-refractivity contribution in [1.82, 2.24) is 10.2 Å². The molecule has 1 atom stereocenters. The summed E-state index contributed by atoms with van der Waals surface area (Å²) >= 11 is 5.52. The highest BCUT2D eigenvalue weighted by atomic mass is 32.1. The summed E-state index contributed by atoms with van der Waals surface area (Å²) in [6, 6.07) is 13.5. The smallest absolute Gasteiger partial charge is 0.338 e. The first kappa shape index (κ1) is 24.1. The summed E-state index contributed by atoms with van der Waals surface area (Å²) in [5.74, 6) is 0.155. The number of hydrogen-bond donors (Lipinski definition) is 3. The Morgan fingerprint density at radius 1 is 1.12 bits per heavy atom. The first-order chi connectivity index (χ1) is 15.9. The number of para-hydroxylation sites is 2. The van der Waals surface area contributed by atoms with Crippen molar-refractivity contribution in [3.8, 4) is 5.75 Å². The van der Waals surface area contributed by atoms with Gasteiger partial charge in [-0.3, -0.25) is 0 Å². The number of carbonyl (C=O) groups is 2. The van der Waals surface area contributed by atoms with Crippen LogP contribution in [0, 0.1) is 0 Å². The highest BCUT2D eigenvalue weighted by Gasteiger charge is 2.34. The van der Waals surface area contributed by atoms with Crippen LogP contribution in [0.3, 0.4) is 0 Å². The molecule has 0 saturated carbocycles. The van der Waals surface area contributed by atoms with Gasteiger partial charge in [-0.15, -0.1) is 0 Å². The number of benzene rings is 2. The Labute approximate surface area is 198 Å². The van der Waals surface area contributed by atoms with E-state index in [1.165, 1.54) is 0 Å². The predicted octanol–water partition coefficient (Wildman–Crippen LogP) is 4.43. The van der Waals surface area contributed by atoms with Crippen LogP contribution >= 0.6 is 12.2 Å². The molecule has 174 valence electrons. The van der Waals surface area contributed by atoms with Gasteiger partial charge in [-0.05, 0) is 62.8 Å². The quantitative estimate of drug-likeness (QED) is 0.409. The molecular formula is C24H28N4O4S. The molecule has 1 unspecified atom stereocenters. The number of ether oxygens (including phenoxy) is 2. The van der Waals surface area contributed by atoms with Crippen molar-refractivity contribution in [2.45, 2.75) is 26.8 Å². The fourth-order valence-electron chi connectivity index (χ4n) is 3.71. The Kier molecular flexibility index (Phi) is 7.89. The molecule has 9 heteroatoms. The zero-order chi connectivity index (χ0) is 24.0.